The summed E-state index contributed by atoms with van der Waals surface area (Å²) in [6.07, 6.45) is 3.13. The molecule has 1 N–H and O–H groups in total. The third-order valence-corrected chi connectivity index (χ3v) is 5.12. The number of nitrogens with zero attached hydrogens (tertiary/aromatic N) is 1. The average Bonchev–Trinajstić information content (AvgIpc) is 3.28. The van der Waals surface area contributed by atoms with E-state index < -0.39 is 0 Å². The maximum atomic E-state index is 12.0. The Balaban J connectivity index is 1.31. The van der Waals surface area contributed by atoms with Gasteiger partial charge in [-0.25, -0.2) is 0 Å². The molecule has 4 nitrogen and oxygen atoms in total. The highest BCUT2D eigenvalue weighted by Gasteiger charge is 2.39. The van der Waals surface area contributed by atoms with Gasteiger partial charge in [0.1, 0.15) is 12.4 Å². The van der Waals surface area contributed by atoms with Gasteiger partial charge in [-0.15, -0.1) is 0 Å². The molecule has 1 aliphatic carbocycles. The second-order valence-electron chi connectivity index (χ2n) is 6.75. The highest BCUT2D eigenvalue weighted by atomic mass is 35.5. The summed E-state index contributed by atoms with van der Waals surface area (Å²) < 4.78 is 5.74. The molecular weight excluding hydrogens is 312 g/mol. The van der Waals surface area contributed by atoms with Gasteiger partial charge in [0.25, 0.3) is 0 Å². The van der Waals surface area contributed by atoms with Gasteiger partial charge >= 0.3 is 0 Å². The van der Waals surface area contributed by atoms with Crippen LogP contribution >= 0.6 is 11.6 Å². The molecule has 5 heteroatoms. The van der Waals surface area contributed by atoms with Crippen LogP contribution in [0.5, 0.6) is 5.75 Å². The standard InChI is InChI=1S/C18H25ClN2O2/c1-13-12-17(13)18(22)20-15-6-8-21(9-7-15)10-11-23-16-4-2-14(19)3-5-16/h2-5,13,15,17H,6-12H2,1H3,(H,20,22)/t13-,17+/m1/s1. The van der Waals surface area contributed by atoms with Crippen LogP contribution in [0, 0.1) is 11.8 Å². The van der Waals surface area contributed by atoms with E-state index in [2.05, 4.69) is 17.1 Å². The number of amides is 1. The van der Waals surface area contributed by atoms with Crippen LogP contribution in [-0.2, 0) is 4.79 Å². The Labute approximate surface area is 143 Å². The lowest BCUT2D eigenvalue weighted by molar-refractivity contribution is -0.123. The lowest BCUT2D eigenvalue weighted by Crippen LogP contribution is -2.46. The number of rotatable bonds is 6. The van der Waals surface area contributed by atoms with Crippen molar-refractivity contribution in [3.63, 3.8) is 0 Å². The molecule has 1 amide bonds. The summed E-state index contributed by atoms with van der Waals surface area (Å²) in [5, 5.41) is 3.93. The van der Waals surface area contributed by atoms with Gasteiger partial charge in [-0.2, -0.15) is 0 Å². The monoisotopic (exact) mass is 336 g/mol. The predicted molar refractivity (Wildman–Crippen MR) is 91.8 cm³/mol. The number of hydrogen-bond acceptors (Lipinski definition) is 3. The molecule has 1 saturated heterocycles. The molecular formula is C18H25ClN2O2. The van der Waals surface area contributed by atoms with Crippen LogP contribution in [-0.4, -0.2) is 43.1 Å². The molecule has 0 unspecified atom stereocenters. The Hall–Kier alpha value is -1.26. The lowest BCUT2D eigenvalue weighted by Gasteiger charge is -2.32. The largest absolute Gasteiger partial charge is 0.492 e. The zero-order chi connectivity index (χ0) is 16.2. The summed E-state index contributed by atoms with van der Waals surface area (Å²) in [5.41, 5.74) is 0. The van der Waals surface area contributed by atoms with E-state index in [1.165, 1.54) is 0 Å². The number of carbonyl (C=O) groups excluding carboxylic acids is 1. The highest BCUT2D eigenvalue weighted by Crippen LogP contribution is 2.37. The van der Waals surface area contributed by atoms with Crippen molar-refractivity contribution in [2.45, 2.75) is 32.2 Å². The van der Waals surface area contributed by atoms with Crippen LogP contribution in [0.15, 0.2) is 24.3 Å². The van der Waals surface area contributed by atoms with E-state index in [9.17, 15) is 4.79 Å². The van der Waals surface area contributed by atoms with Crippen molar-refractivity contribution in [1.29, 1.82) is 0 Å². The van der Waals surface area contributed by atoms with E-state index in [4.69, 9.17) is 16.3 Å². The minimum absolute atomic E-state index is 0.266. The number of piperidine rings is 1. The molecule has 1 aliphatic heterocycles. The van der Waals surface area contributed by atoms with Crippen molar-refractivity contribution in [2.24, 2.45) is 11.8 Å². The van der Waals surface area contributed by atoms with Gasteiger partial charge < -0.3 is 10.1 Å². The van der Waals surface area contributed by atoms with Gasteiger partial charge in [0, 0.05) is 36.6 Å². The minimum Gasteiger partial charge on any atom is -0.492 e. The molecule has 2 fully saturated rings. The van der Waals surface area contributed by atoms with Crippen molar-refractivity contribution < 1.29 is 9.53 Å². The van der Waals surface area contributed by atoms with Crippen LogP contribution in [0.25, 0.3) is 0 Å². The summed E-state index contributed by atoms with van der Waals surface area (Å²) in [6.45, 7) is 5.79. The Morgan fingerprint density at radius 2 is 1.96 bits per heavy atom. The first-order valence-electron chi connectivity index (χ1n) is 8.53. The highest BCUT2D eigenvalue weighted by molar-refractivity contribution is 6.30. The second-order valence-corrected chi connectivity index (χ2v) is 7.18. The van der Waals surface area contributed by atoms with Crippen LogP contribution in [0.4, 0.5) is 0 Å². The Bertz CT molecular complexity index is 526. The van der Waals surface area contributed by atoms with Gasteiger partial charge in [-0.1, -0.05) is 18.5 Å². The number of ether oxygens (including phenoxy) is 1. The zero-order valence-electron chi connectivity index (χ0n) is 13.6. The van der Waals surface area contributed by atoms with E-state index in [0.717, 1.165) is 49.7 Å². The van der Waals surface area contributed by atoms with Gasteiger partial charge in [-0.3, -0.25) is 9.69 Å². The summed E-state index contributed by atoms with van der Waals surface area (Å²) >= 11 is 5.85. The van der Waals surface area contributed by atoms with Gasteiger partial charge in [-0.05, 0) is 49.4 Å². The fourth-order valence-electron chi connectivity index (χ4n) is 3.12. The molecule has 0 spiro atoms. The van der Waals surface area contributed by atoms with Crippen LogP contribution in [0.3, 0.4) is 0 Å². The quantitative estimate of drug-likeness (QED) is 0.868. The molecule has 2 atom stereocenters. The minimum atomic E-state index is 0.266. The van der Waals surface area contributed by atoms with E-state index in [1.807, 2.05) is 24.3 Å². The molecule has 2 aliphatic rings. The average molecular weight is 337 g/mol. The predicted octanol–water partition coefficient (Wildman–Crippen LogP) is 2.96. The Kier molecular flexibility index (Phi) is 5.44. The summed E-state index contributed by atoms with van der Waals surface area (Å²) in [7, 11) is 0. The molecule has 126 valence electrons. The second kappa shape index (κ2) is 7.54. The van der Waals surface area contributed by atoms with Gasteiger partial charge in [0.15, 0.2) is 0 Å². The lowest BCUT2D eigenvalue weighted by atomic mass is 10.0. The number of halogens is 1. The third kappa shape index (κ3) is 4.85. The maximum Gasteiger partial charge on any atom is 0.223 e. The summed E-state index contributed by atoms with van der Waals surface area (Å²) in [5.74, 6) is 1.98. The summed E-state index contributed by atoms with van der Waals surface area (Å²) in [6, 6.07) is 7.81. The molecule has 0 aromatic heterocycles. The van der Waals surface area contributed by atoms with Crippen molar-refractivity contribution in [2.75, 3.05) is 26.2 Å². The number of benzene rings is 1. The van der Waals surface area contributed by atoms with Gasteiger partial charge in [0.2, 0.25) is 5.91 Å². The fourth-order valence-corrected chi connectivity index (χ4v) is 3.25. The maximum absolute atomic E-state index is 12.0. The van der Waals surface area contributed by atoms with Gasteiger partial charge in [0.05, 0.1) is 0 Å². The molecule has 0 bridgehead atoms. The summed E-state index contributed by atoms with van der Waals surface area (Å²) in [4.78, 5) is 14.4. The molecule has 23 heavy (non-hydrogen) atoms. The first-order chi connectivity index (χ1) is 11.1. The van der Waals surface area contributed by atoms with E-state index in [1.54, 1.807) is 0 Å². The zero-order valence-corrected chi connectivity index (χ0v) is 14.4. The smallest absolute Gasteiger partial charge is 0.223 e. The molecule has 1 aromatic rings. The van der Waals surface area contributed by atoms with E-state index in [0.29, 0.717) is 18.6 Å². The topological polar surface area (TPSA) is 41.6 Å². The normalized spacial score (nSPS) is 25.1. The Morgan fingerprint density at radius 3 is 2.57 bits per heavy atom. The van der Waals surface area contributed by atoms with Crippen LogP contribution < -0.4 is 10.1 Å². The van der Waals surface area contributed by atoms with E-state index >= 15 is 0 Å². The van der Waals surface area contributed by atoms with Crippen molar-refractivity contribution in [1.82, 2.24) is 10.2 Å². The number of nitrogens with one attached hydrogen (secondary N) is 1. The molecule has 3 rings (SSSR count). The van der Waals surface area contributed by atoms with Crippen molar-refractivity contribution in [3.8, 4) is 5.75 Å². The fraction of sp³-hybridized carbons (Fsp3) is 0.611. The van der Waals surface area contributed by atoms with Crippen LogP contribution in [0.1, 0.15) is 26.2 Å². The number of carbonyl (C=O) groups is 1. The first-order valence-corrected chi connectivity index (χ1v) is 8.90. The van der Waals surface area contributed by atoms with E-state index in [-0.39, 0.29) is 11.8 Å². The van der Waals surface area contributed by atoms with Crippen molar-refractivity contribution in [3.05, 3.63) is 29.3 Å². The SMILES string of the molecule is C[C@@H]1C[C@@H]1C(=O)NC1CCN(CCOc2ccc(Cl)cc2)CC1. The molecule has 0 radical (unpaired) electrons. The molecule has 1 saturated carbocycles. The number of hydrogen-bond donors (Lipinski definition) is 1. The molecule has 1 heterocycles. The van der Waals surface area contributed by atoms with Crippen molar-refractivity contribution >= 4 is 17.5 Å². The number of likely N-dealkylation sites (tertiary alicyclic amines) is 1. The first kappa shape index (κ1) is 16.6. The van der Waals surface area contributed by atoms with Crippen LogP contribution in [0.2, 0.25) is 5.02 Å². The third-order valence-electron chi connectivity index (χ3n) is 4.87. The molecule has 1 aromatic carbocycles. The Morgan fingerprint density at radius 1 is 1.30 bits per heavy atom.